The number of para-hydroxylation sites is 2. The fourth-order valence-corrected chi connectivity index (χ4v) is 2.78. The van der Waals surface area contributed by atoms with E-state index in [9.17, 15) is 4.79 Å². The average molecular weight is 358 g/mol. The van der Waals surface area contributed by atoms with Crippen molar-refractivity contribution >= 4 is 22.6 Å². The molecule has 0 saturated heterocycles. The number of fused-ring (bicyclic) bond motifs is 1. The lowest BCUT2D eigenvalue weighted by atomic mass is 10.2. The average Bonchev–Trinajstić information content (AvgIpc) is 3.14. The highest BCUT2D eigenvalue weighted by molar-refractivity contribution is 5.91. The number of pyridine rings is 1. The van der Waals surface area contributed by atoms with Crippen LogP contribution < -0.4 is 5.32 Å². The summed E-state index contributed by atoms with van der Waals surface area (Å²) < 4.78 is 7.35. The first-order valence-corrected chi connectivity index (χ1v) is 8.59. The highest BCUT2D eigenvalue weighted by atomic mass is 16.5. The summed E-state index contributed by atoms with van der Waals surface area (Å²) >= 11 is 0. The summed E-state index contributed by atoms with van der Waals surface area (Å²) in [6, 6.07) is 21.3. The Morgan fingerprint density at radius 3 is 2.59 bits per heavy atom. The number of hydrogen-bond donors (Lipinski definition) is 1. The van der Waals surface area contributed by atoms with Crippen LogP contribution in [0.4, 0.5) is 5.69 Å². The summed E-state index contributed by atoms with van der Waals surface area (Å²) in [6.07, 6.45) is 3.36. The first-order chi connectivity index (χ1) is 13.3. The highest BCUT2D eigenvalue weighted by Gasteiger charge is 2.07. The van der Waals surface area contributed by atoms with E-state index >= 15 is 0 Å². The van der Waals surface area contributed by atoms with Gasteiger partial charge in [-0.15, -0.1) is 0 Å². The van der Waals surface area contributed by atoms with Crippen LogP contribution in [-0.4, -0.2) is 27.0 Å². The minimum absolute atomic E-state index is 0.0111. The van der Waals surface area contributed by atoms with Crippen molar-refractivity contribution in [1.29, 1.82) is 0 Å². The van der Waals surface area contributed by atoms with E-state index in [2.05, 4.69) is 15.3 Å². The number of ether oxygens (including phenoxy) is 1. The molecule has 2 heterocycles. The van der Waals surface area contributed by atoms with Crippen molar-refractivity contribution in [2.45, 2.75) is 6.61 Å². The Morgan fingerprint density at radius 1 is 0.963 bits per heavy atom. The number of nitrogens with one attached hydrogen (secondary N) is 1. The molecule has 2 aromatic carbocycles. The highest BCUT2D eigenvalue weighted by Crippen LogP contribution is 2.17. The van der Waals surface area contributed by atoms with Gasteiger partial charge in [-0.25, -0.2) is 9.97 Å². The van der Waals surface area contributed by atoms with Crippen molar-refractivity contribution < 1.29 is 9.53 Å². The lowest BCUT2D eigenvalue weighted by molar-refractivity contribution is -0.121. The maximum absolute atomic E-state index is 12.0. The molecule has 0 atom stereocenters. The molecule has 6 heteroatoms. The van der Waals surface area contributed by atoms with Gasteiger partial charge in [0.1, 0.15) is 18.8 Å². The third-order valence-corrected chi connectivity index (χ3v) is 4.08. The molecule has 27 heavy (non-hydrogen) atoms. The monoisotopic (exact) mass is 358 g/mol. The van der Waals surface area contributed by atoms with Gasteiger partial charge in [-0.3, -0.25) is 9.36 Å². The second-order valence-electron chi connectivity index (χ2n) is 6.03. The SMILES string of the molecule is O=C(COCc1ccccc1)Nc1ccc(-n2cnc3ccccc32)nc1. The summed E-state index contributed by atoms with van der Waals surface area (Å²) in [7, 11) is 0. The second kappa shape index (κ2) is 7.80. The zero-order valence-corrected chi connectivity index (χ0v) is 14.6. The summed E-state index contributed by atoms with van der Waals surface area (Å²) in [5, 5.41) is 2.79. The molecular weight excluding hydrogens is 340 g/mol. The van der Waals surface area contributed by atoms with Crippen LogP contribution in [-0.2, 0) is 16.1 Å². The number of carbonyl (C=O) groups is 1. The molecule has 4 rings (SSSR count). The molecular formula is C21H18N4O2. The van der Waals surface area contributed by atoms with E-state index in [1.54, 1.807) is 12.5 Å². The lowest BCUT2D eigenvalue weighted by Gasteiger charge is -2.08. The van der Waals surface area contributed by atoms with Crippen LogP contribution in [0.15, 0.2) is 79.3 Å². The molecule has 0 saturated carbocycles. The van der Waals surface area contributed by atoms with Gasteiger partial charge in [0.05, 0.1) is 29.5 Å². The van der Waals surface area contributed by atoms with Crippen LogP contribution in [0.1, 0.15) is 5.56 Å². The first-order valence-electron chi connectivity index (χ1n) is 8.59. The van der Waals surface area contributed by atoms with Crippen molar-refractivity contribution in [3.63, 3.8) is 0 Å². The topological polar surface area (TPSA) is 69.0 Å². The van der Waals surface area contributed by atoms with E-state index in [1.165, 1.54) is 0 Å². The molecule has 0 aliphatic rings. The van der Waals surface area contributed by atoms with E-state index in [1.807, 2.05) is 71.3 Å². The Balaban J connectivity index is 1.35. The number of carbonyl (C=O) groups excluding carboxylic acids is 1. The number of benzene rings is 2. The summed E-state index contributed by atoms with van der Waals surface area (Å²) in [4.78, 5) is 20.8. The summed E-state index contributed by atoms with van der Waals surface area (Å²) in [5.74, 6) is 0.524. The summed E-state index contributed by atoms with van der Waals surface area (Å²) in [6.45, 7) is 0.391. The van der Waals surface area contributed by atoms with Crippen molar-refractivity contribution in [2.24, 2.45) is 0 Å². The largest absolute Gasteiger partial charge is 0.367 e. The molecule has 0 aliphatic heterocycles. The molecule has 134 valence electrons. The van der Waals surface area contributed by atoms with Gasteiger partial charge < -0.3 is 10.1 Å². The van der Waals surface area contributed by atoms with Crippen molar-refractivity contribution in [1.82, 2.24) is 14.5 Å². The quantitative estimate of drug-likeness (QED) is 0.572. The zero-order valence-electron chi connectivity index (χ0n) is 14.6. The Hall–Kier alpha value is -3.51. The van der Waals surface area contributed by atoms with Crippen LogP contribution in [0.5, 0.6) is 0 Å². The minimum Gasteiger partial charge on any atom is -0.367 e. The number of nitrogens with zero attached hydrogens (tertiary/aromatic N) is 3. The van der Waals surface area contributed by atoms with Crippen LogP contribution in [0.3, 0.4) is 0 Å². The van der Waals surface area contributed by atoms with E-state index in [0.29, 0.717) is 12.3 Å². The number of imidazole rings is 1. The van der Waals surface area contributed by atoms with Gasteiger partial charge in [0.2, 0.25) is 5.91 Å². The molecule has 2 aromatic heterocycles. The molecule has 1 N–H and O–H groups in total. The van der Waals surface area contributed by atoms with Crippen molar-refractivity contribution in [3.05, 3.63) is 84.8 Å². The van der Waals surface area contributed by atoms with Crippen LogP contribution in [0.25, 0.3) is 16.9 Å². The fraction of sp³-hybridized carbons (Fsp3) is 0.0952. The van der Waals surface area contributed by atoms with Crippen LogP contribution in [0, 0.1) is 0 Å². The minimum atomic E-state index is -0.214. The molecule has 0 fully saturated rings. The molecule has 0 aliphatic carbocycles. The number of aromatic nitrogens is 3. The third kappa shape index (κ3) is 4.02. The van der Waals surface area contributed by atoms with E-state index in [-0.39, 0.29) is 12.5 Å². The van der Waals surface area contributed by atoms with Crippen molar-refractivity contribution in [3.8, 4) is 5.82 Å². The van der Waals surface area contributed by atoms with Gasteiger partial charge in [0.25, 0.3) is 0 Å². The predicted octanol–water partition coefficient (Wildman–Crippen LogP) is 3.58. The number of hydrogen-bond acceptors (Lipinski definition) is 4. The predicted molar refractivity (Wildman–Crippen MR) is 104 cm³/mol. The Kier molecular flexibility index (Phi) is 4.89. The number of amides is 1. The van der Waals surface area contributed by atoms with E-state index in [4.69, 9.17) is 4.74 Å². The first kappa shape index (κ1) is 16.9. The zero-order chi connectivity index (χ0) is 18.5. The van der Waals surface area contributed by atoms with Crippen molar-refractivity contribution in [2.75, 3.05) is 11.9 Å². The molecule has 0 bridgehead atoms. The van der Waals surface area contributed by atoms with Crippen LogP contribution in [0.2, 0.25) is 0 Å². The van der Waals surface area contributed by atoms with Gasteiger partial charge in [0, 0.05) is 0 Å². The molecule has 6 nitrogen and oxygen atoms in total. The Labute approximate surface area is 156 Å². The van der Waals surface area contributed by atoms with Crippen LogP contribution >= 0.6 is 0 Å². The standard InChI is InChI=1S/C21H18N4O2/c26-21(14-27-13-16-6-2-1-3-7-16)24-17-10-11-20(22-12-17)25-15-23-18-8-4-5-9-19(18)25/h1-12,15H,13-14H2,(H,24,26). The Bertz CT molecular complexity index is 1040. The number of anilines is 1. The fourth-order valence-electron chi connectivity index (χ4n) is 2.78. The van der Waals surface area contributed by atoms with Gasteiger partial charge in [-0.2, -0.15) is 0 Å². The normalized spacial score (nSPS) is 10.8. The van der Waals surface area contributed by atoms with Gasteiger partial charge in [-0.05, 0) is 29.8 Å². The van der Waals surface area contributed by atoms with Gasteiger partial charge in [0.15, 0.2) is 0 Å². The van der Waals surface area contributed by atoms with E-state index < -0.39 is 0 Å². The van der Waals surface area contributed by atoms with Gasteiger partial charge in [-0.1, -0.05) is 42.5 Å². The van der Waals surface area contributed by atoms with Gasteiger partial charge >= 0.3 is 0 Å². The number of rotatable bonds is 6. The maximum atomic E-state index is 12.0. The van der Waals surface area contributed by atoms with E-state index in [0.717, 1.165) is 22.4 Å². The second-order valence-corrected chi connectivity index (χ2v) is 6.03. The molecule has 4 aromatic rings. The molecule has 0 radical (unpaired) electrons. The lowest BCUT2D eigenvalue weighted by Crippen LogP contribution is -2.18. The maximum Gasteiger partial charge on any atom is 0.250 e. The molecule has 1 amide bonds. The summed E-state index contributed by atoms with van der Waals surface area (Å²) in [5.41, 5.74) is 3.55. The smallest absolute Gasteiger partial charge is 0.250 e. The Morgan fingerprint density at radius 2 is 1.78 bits per heavy atom. The third-order valence-electron chi connectivity index (χ3n) is 4.08. The molecule has 0 unspecified atom stereocenters. The molecule has 0 spiro atoms.